The maximum Gasteiger partial charge on any atom is 0.134 e. The summed E-state index contributed by atoms with van der Waals surface area (Å²) in [6.45, 7) is 10.9. The third kappa shape index (κ3) is 3.35. The summed E-state index contributed by atoms with van der Waals surface area (Å²) in [4.78, 5) is 11.5. The Bertz CT molecular complexity index is 424. The van der Waals surface area contributed by atoms with Crippen LogP contribution in [0, 0.1) is 0 Å². The van der Waals surface area contributed by atoms with Gasteiger partial charge in [-0.05, 0) is 20.8 Å². The number of hydrogen-bond donors (Lipinski definition) is 1. The van der Waals surface area contributed by atoms with Crippen LogP contribution in [-0.4, -0.2) is 41.8 Å². The lowest BCUT2D eigenvalue weighted by Gasteiger charge is -2.37. The second-order valence-electron chi connectivity index (χ2n) is 5.06. The highest BCUT2D eigenvalue weighted by molar-refractivity contribution is 5.50. The summed E-state index contributed by atoms with van der Waals surface area (Å²) >= 11 is 0. The molecule has 0 bridgehead atoms. The summed E-state index contributed by atoms with van der Waals surface area (Å²) in [5.74, 6) is 2.81. The molecule has 1 aromatic heterocycles. The van der Waals surface area contributed by atoms with Crippen LogP contribution in [0.2, 0.25) is 0 Å². The van der Waals surface area contributed by atoms with E-state index < -0.39 is 0 Å². The summed E-state index contributed by atoms with van der Waals surface area (Å²) in [6.07, 6.45) is 1.10. The predicted octanol–water partition coefficient (Wildman–Crippen LogP) is 2.08. The maximum atomic E-state index is 5.68. The Morgan fingerprint density at radius 2 is 2.16 bits per heavy atom. The Morgan fingerprint density at radius 3 is 2.84 bits per heavy atom. The molecular weight excluding hydrogens is 240 g/mol. The van der Waals surface area contributed by atoms with Gasteiger partial charge in [-0.3, -0.25) is 0 Å². The van der Waals surface area contributed by atoms with Crippen LogP contribution >= 0.6 is 0 Å². The molecule has 0 amide bonds. The van der Waals surface area contributed by atoms with Crippen LogP contribution in [0.5, 0.6) is 0 Å². The zero-order chi connectivity index (χ0) is 13.8. The third-order valence-corrected chi connectivity index (χ3v) is 3.34. The molecule has 0 radical (unpaired) electrons. The van der Waals surface area contributed by atoms with E-state index in [1.54, 1.807) is 0 Å². The molecule has 19 heavy (non-hydrogen) atoms. The van der Waals surface area contributed by atoms with Crippen molar-refractivity contribution in [2.75, 3.05) is 29.9 Å². The van der Waals surface area contributed by atoms with Gasteiger partial charge in [-0.2, -0.15) is 0 Å². The number of aromatic nitrogens is 2. The van der Waals surface area contributed by atoms with Gasteiger partial charge in [0, 0.05) is 25.6 Å². The van der Waals surface area contributed by atoms with E-state index in [0.29, 0.717) is 6.04 Å². The van der Waals surface area contributed by atoms with Gasteiger partial charge < -0.3 is 15.0 Å². The molecule has 1 saturated heterocycles. The lowest BCUT2D eigenvalue weighted by atomic mass is 10.2. The highest BCUT2D eigenvalue weighted by Gasteiger charge is 2.25. The number of nitrogens with zero attached hydrogens (tertiary/aromatic N) is 3. The predicted molar refractivity (Wildman–Crippen MR) is 77.8 cm³/mol. The number of morpholine rings is 1. The fourth-order valence-electron chi connectivity index (χ4n) is 2.28. The highest BCUT2D eigenvalue weighted by Crippen LogP contribution is 2.22. The molecule has 1 aliphatic heterocycles. The topological polar surface area (TPSA) is 50.3 Å². The molecule has 5 nitrogen and oxygen atoms in total. The minimum Gasteiger partial charge on any atom is -0.375 e. The molecule has 2 heterocycles. The number of hydrogen-bond acceptors (Lipinski definition) is 5. The van der Waals surface area contributed by atoms with Crippen molar-refractivity contribution in [2.24, 2.45) is 0 Å². The van der Waals surface area contributed by atoms with Crippen LogP contribution in [0.15, 0.2) is 6.07 Å². The van der Waals surface area contributed by atoms with Crippen molar-refractivity contribution in [1.29, 1.82) is 0 Å². The lowest BCUT2D eigenvalue weighted by Crippen LogP contribution is -2.47. The van der Waals surface area contributed by atoms with Crippen molar-refractivity contribution >= 4 is 11.6 Å². The highest BCUT2D eigenvalue weighted by atomic mass is 16.5. The zero-order valence-corrected chi connectivity index (χ0v) is 12.3. The van der Waals surface area contributed by atoms with E-state index in [0.717, 1.165) is 43.6 Å². The molecule has 1 aliphatic rings. The summed E-state index contributed by atoms with van der Waals surface area (Å²) in [5.41, 5.74) is 0. The number of anilines is 2. The SMILES string of the molecule is CCNc1cc(N2CC(C)OCC2C)nc(CC)n1. The van der Waals surface area contributed by atoms with Gasteiger partial charge in [0.25, 0.3) is 0 Å². The van der Waals surface area contributed by atoms with Gasteiger partial charge in [0.15, 0.2) is 0 Å². The van der Waals surface area contributed by atoms with Gasteiger partial charge in [-0.15, -0.1) is 0 Å². The molecule has 106 valence electrons. The van der Waals surface area contributed by atoms with E-state index >= 15 is 0 Å². The van der Waals surface area contributed by atoms with Crippen molar-refractivity contribution in [3.63, 3.8) is 0 Å². The molecule has 5 heteroatoms. The Hall–Kier alpha value is -1.36. The largest absolute Gasteiger partial charge is 0.375 e. The minimum atomic E-state index is 0.249. The second kappa shape index (κ2) is 6.19. The number of nitrogens with one attached hydrogen (secondary N) is 1. The van der Waals surface area contributed by atoms with Crippen molar-refractivity contribution in [3.05, 3.63) is 11.9 Å². The van der Waals surface area contributed by atoms with Crippen molar-refractivity contribution in [1.82, 2.24) is 9.97 Å². The van der Waals surface area contributed by atoms with Crippen molar-refractivity contribution < 1.29 is 4.74 Å². The van der Waals surface area contributed by atoms with Gasteiger partial charge in [-0.1, -0.05) is 6.92 Å². The quantitative estimate of drug-likeness (QED) is 0.902. The first-order valence-corrected chi connectivity index (χ1v) is 7.14. The summed E-state index contributed by atoms with van der Waals surface area (Å²) < 4.78 is 5.68. The number of rotatable bonds is 4. The Morgan fingerprint density at radius 1 is 1.37 bits per heavy atom. The molecule has 1 fully saturated rings. The van der Waals surface area contributed by atoms with E-state index in [1.165, 1.54) is 0 Å². The van der Waals surface area contributed by atoms with Gasteiger partial charge in [-0.25, -0.2) is 9.97 Å². The van der Waals surface area contributed by atoms with Crippen LogP contribution in [-0.2, 0) is 11.2 Å². The first-order chi connectivity index (χ1) is 9.13. The molecule has 2 unspecified atom stereocenters. The molecule has 0 spiro atoms. The fourth-order valence-corrected chi connectivity index (χ4v) is 2.28. The average molecular weight is 264 g/mol. The van der Waals surface area contributed by atoms with E-state index in [-0.39, 0.29) is 6.10 Å². The zero-order valence-electron chi connectivity index (χ0n) is 12.3. The third-order valence-electron chi connectivity index (χ3n) is 3.34. The molecule has 2 rings (SSSR count). The van der Waals surface area contributed by atoms with Crippen molar-refractivity contribution in [3.8, 4) is 0 Å². The maximum absolute atomic E-state index is 5.68. The van der Waals surface area contributed by atoms with Crippen molar-refractivity contribution in [2.45, 2.75) is 46.3 Å². The van der Waals surface area contributed by atoms with Crippen LogP contribution in [0.1, 0.15) is 33.5 Å². The van der Waals surface area contributed by atoms with Crippen LogP contribution in [0.25, 0.3) is 0 Å². The lowest BCUT2D eigenvalue weighted by molar-refractivity contribution is 0.0340. The monoisotopic (exact) mass is 264 g/mol. The fraction of sp³-hybridized carbons (Fsp3) is 0.714. The van der Waals surface area contributed by atoms with Crippen LogP contribution < -0.4 is 10.2 Å². The normalized spacial score (nSPS) is 23.5. The first kappa shape index (κ1) is 14.1. The molecule has 1 aromatic rings. The first-order valence-electron chi connectivity index (χ1n) is 7.14. The van der Waals surface area contributed by atoms with Gasteiger partial charge in [0.2, 0.25) is 0 Å². The van der Waals surface area contributed by atoms with Crippen LogP contribution in [0.4, 0.5) is 11.6 Å². The van der Waals surface area contributed by atoms with E-state index in [4.69, 9.17) is 4.74 Å². The van der Waals surface area contributed by atoms with Crippen LogP contribution in [0.3, 0.4) is 0 Å². The Labute approximate surface area is 115 Å². The Kier molecular flexibility index (Phi) is 4.58. The van der Waals surface area contributed by atoms with E-state index in [1.807, 2.05) is 6.07 Å². The summed E-state index contributed by atoms with van der Waals surface area (Å²) in [6, 6.07) is 2.39. The standard InChI is InChI=1S/C14H24N4O/c1-5-12-16-13(15-6-2)7-14(17-12)18-8-11(4)19-9-10(18)3/h7,10-11H,5-6,8-9H2,1-4H3,(H,15,16,17). The van der Waals surface area contributed by atoms with Gasteiger partial charge >= 0.3 is 0 Å². The Balaban J connectivity index is 2.28. The summed E-state index contributed by atoms with van der Waals surface area (Å²) in [7, 11) is 0. The molecule has 0 aliphatic carbocycles. The molecule has 2 atom stereocenters. The van der Waals surface area contributed by atoms with Gasteiger partial charge in [0.05, 0.1) is 18.8 Å². The second-order valence-corrected chi connectivity index (χ2v) is 5.06. The number of ether oxygens (including phenoxy) is 1. The minimum absolute atomic E-state index is 0.249. The molecule has 1 N–H and O–H groups in total. The molecule has 0 aromatic carbocycles. The van der Waals surface area contributed by atoms with E-state index in [2.05, 4.69) is 47.9 Å². The van der Waals surface area contributed by atoms with Gasteiger partial charge in [0.1, 0.15) is 17.5 Å². The smallest absolute Gasteiger partial charge is 0.134 e. The van der Waals surface area contributed by atoms with E-state index in [9.17, 15) is 0 Å². The summed E-state index contributed by atoms with van der Waals surface area (Å²) in [5, 5.41) is 3.28. The molecule has 0 saturated carbocycles. The number of aryl methyl sites for hydroxylation is 1. The average Bonchev–Trinajstić information content (AvgIpc) is 2.41. The molecular formula is C14H24N4O.